The number of amides is 1. The molecule has 0 bridgehead atoms. The van der Waals surface area contributed by atoms with Gasteiger partial charge in [-0.05, 0) is 24.3 Å². The van der Waals surface area contributed by atoms with Crippen LogP contribution >= 0.6 is 0 Å². The number of halogens is 1. The van der Waals surface area contributed by atoms with Crippen molar-refractivity contribution in [3.8, 4) is 11.3 Å². The standard InChI is InChI=1S/C17H18FNO5/c1-23-10-14(17(21)22)19-16(20)9-7-11-6-8-15(24-11)12-4-2-3-5-13(12)18/h2-6,8,14H,7,9-10H2,1H3,(H,19,20)(H,21,22). The van der Waals surface area contributed by atoms with E-state index in [9.17, 15) is 14.0 Å². The van der Waals surface area contributed by atoms with Crippen molar-refractivity contribution in [3.05, 3.63) is 48.0 Å². The van der Waals surface area contributed by atoms with E-state index in [-0.39, 0.29) is 25.3 Å². The zero-order valence-corrected chi connectivity index (χ0v) is 13.1. The number of nitrogens with one attached hydrogen (secondary N) is 1. The van der Waals surface area contributed by atoms with Crippen LogP contribution in [0.5, 0.6) is 0 Å². The first kappa shape index (κ1) is 17.7. The van der Waals surface area contributed by atoms with E-state index < -0.39 is 17.9 Å². The number of carbonyl (C=O) groups excluding carboxylic acids is 1. The van der Waals surface area contributed by atoms with Crippen molar-refractivity contribution in [1.82, 2.24) is 5.32 Å². The summed E-state index contributed by atoms with van der Waals surface area (Å²) in [6.45, 7) is -0.112. The van der Waals surface area contributed by atoms with E-state index in [0.717, 1.165) is 0 Å². The van der Waals surface area contributed by atoms with Gasteiger partial charge in [0, 0.05) is 20.0 Å². The second-order valence-electron chi connectivity index (χ2n) is 5.16. The summed E-state index contributed by atoms with van der Waals surface area (Å²) in [6.07, 6.45) is 0.331. The summed E-state index contributed by atoms with van der Waals surface area (Å²) < 4.78 is 24.0. The number of hydrogen-bond acceptors (Lipinski definition) is 4. The molecule has 6 nitrogen and oxygen atoms in total. The molecule has 2 N–H and O–H groups in total. The van der Waals surface area contributed by atoms with Gasteiger partial charge in [-0.25, -0.2) is 9.18 Å². The molecular weight excluding hydrogens is 317 g/mol. The van der Waals surface area contributed by atoms with Gasteiger partial charge >= 0.3 is 5.97 Å². The average Bonchev–Trinajstić information content (AvgIpc) is 3.01. The minimum atomic E-state index is -1.16. The molecule has 128 valence electrons. The summed E-state index contributed by atoms with van der Waals surface area (Å²) in [6, 6.07) is 8.45. The highest BCUT2D eigenvalue weighted by Gasteiger charge is 2.19. The first-order valence-corrected chi connectivity index (χ1v) is 7.36. The van der Waals surface area contributed by atoms with Crippen molar-refractivity contribution >= 4 is 11.9 Å². The van der Waals surface area contributed by atoms with Crippen molar-refractivity contribution in [3.63, 3.8) is 0 Å². The van der Waals surface area contributed by atoms with E-state index in [2.05, 4.69) is 5.32 Å². The lowest BCUT2D eigenvalue weighted by Crippen LogP contribution is -2.43. The normalized spacial score (nSPS) is 11.9. The number of carboxylic acid groups (broad SMARTS) is 1. The Labute approximate surface area is 138 Å². The van der Waals surface area contributed by atoms with Gasteiger partial charge in [0.25, 0.3) is 0 Å². The third-order valence-corrected chi connectivity index (χ3v) is 3.37. The third-order valence-electron chi connectivity index (χ3n) is 3.37. The Morgan fingerprint density at radius 3 is 2.71 bits per heavy atom. The Morgan fingerprint density at radius 1 is 1.29 bits per heavy atom. The Morgan fingerprint density at radius 2 is 2.04 bits per heavy atom. The smallest absolute Gasteiger partial charge is 0.328 e. The molecule has 1 unspecified atom stereocenters. The molecule has 0 aliphatic rings. The highest BCUT2D eigenvalue weighted by molar-refractivity contribution is 5.83. The summed E-state index contributed by atoms with van der Waals surface area (Å²) in [7, 11) is 1.36. The molecule has 24 heavy (non-hydrogen) atoms. The molecule has 1 heterocycles. The van der Waals surface area contributed by atoms with Crippen LogP contribution in [0, 0.1) is 5.82 Å². The molecule has 1 aromatic heterocycles. The predicted octanol–water partition coefficient (Wildman–Crippen LogP) is 2.23. The highest BCUT2D eigenvalue weighted by Crippen LogP contribution is 2.25. The molecule has 2 aromatic rings. The number of hydrogen-bond donors (Lipinski definition) is 2. The Kier molecular flexibility index (Phi) is 6.08. The predicted molar refractivity (Wildman–Crippen MR) is 83.9 cm³/mol. The number of benzene rings is 1. The summed E-state index contributed by atoms with van der Waals surface area (Å²) >= 11 is 0. The second kappa shape index (κ2) is 8.26. The first-order chi connectivity index (χ1) is 11.5. The zero-order chi connectivity index (χ0) is 17.5. The van der Waals surface area contributed by atoms with Crippen LogP contribution in [0.3, 0.4) is 0 Å². The number of methoxy groups -OCH3 is 1. The molecule has 0 fully saturated rings. The summed E-state index contributed by atoms with van der Waals surface area (Å²) in [5, 5.41) is 11.3. The SMILES string of the molecule is COCC(NC(=O)CCc1ccc(-c2ccccc2F)o1)C(=O)O. The molecule has 0 aliphatic carbocycles. The number of furan rings is 1. The van der Waals surface area contributed by atoms with Crippen LogP contribution in [0.2, 0.25) is 0 Å². The minimum absolute atomic E-state index is 0.0533. The van der Waals surface area contributed by atoms with E-state index >= 15 is 0 Å². The van der Waals surface area contributed by atoms with E-state index in [4.69, 9.17) is 14.3 Å². The van der Waals surface area contributed by atoms with Crippen molar-refractivity contribution in [2.75, 3.05) is 13.7 Å². The average molecular weight is 335 g/mol. The lowest BCUT2D eigenvalue weighted by molar-refractivity contribution is -0.143. The molecule has 0 radical (unpaired) electrons. The largest absolute Gasteiger partial charge is 0.480 e. The molecule has 2 rings (SSSR count). The monoisotopic (exact) mass is 335 g/mol. The number of aliphatic carboxylic acids is 1. The van der Waals surface area contributed by atoms with E-state index in [1.54, 1.807) is 30.3 Å². The van der Waals surface area contributed by atoms with Gasteiger partial charge in [-0.3, -0.25) is 4.79 Å². The Balaban J connectivity index is 1.92. The van der Waals surface area contributed by atoms with E-state index in [1.165, 1.54) is 13.2 Å². The summed E-state index contributed by atoms with van der Waals surface area (Å²) in [5.74, 6) is -1.08. The van der Waals surface area contributed by atoms with Gasteiger partial charge in [-0.2, -0.15) is 0 Å². The Hall–Kier alpha value is -2.67. The molecule has 0 aliphatic heterocycles. The molecule has 1 atom stereocenters. The fourth-order valence-electron chi connectivity index (χ4n) is 2.16. The van der Waals surface area contributed by atoms with Crippen LogP contribution in [-0.4, -0.2) is 36.7 Å². The fourth-order valence-corrected chi connectivity index (χ4v) is 2.16. The lowest BCUT2D eigenvalue weighted by atomic mass is 10.1. The van der Waals surface area contributed by atoms with Gasteiger partial charge in [-0.15, -0.1) is 0 Å². The lowest BCUT2D eigenvalue weighted by Gasteiger charge is -2.12. The molecule has 0 spiro atoms. The molecule has 1 aromatic carbocycles. The fraction of sp³-hybridized carbons (Fsp3) is 0.294. The van der Waals surface area contributed by atoms with E-state index in [1.807, 2.05) is 0 Å². The van der Waals surface area contributed by atoms with Gasteiger partial charge in [-0.1, -0.05) is 12.1 Å². The molecule has 7 heteroatoms. The number of carboxylic acids is 1. The van der Waals surface area contributed by atoms with Gasteiger partial charge in [0.15, 0.2) is 6.04 Å². The van der Waals surface area contributed by atoms with Crippen LogP contribution in [0.1, 0.15) is 12.2 Å². The van der Waals surface area contributed by atoms with Crippen LogP contribution in [0.4, 0.5) is 4.39 Å². The molecular formula is C17H18FNO5. The number of carbonyl (C=O) groups is 2. The molecule has 1 amide bonds. The molecule has 0 saturated carbocycles. The van der Waals surface area contributed by atoms with Crippen LogP contribution in [-0.2, 0) is 20.7 Å². The van der Waals surface area contributed by atoms with Crippen LogP contribution in [0.15, 0.2) is 40.8 Å². The van der Waals surface area contributed by atoms with Gasteiger partial charge in [0.2, 0.25) is 5.91 Å². The van der Waals surface area contributed by atoms with Gasteiger partial charge in [0.1, 0.15) is 17.3 Å². The van der Waals surface area contributed by atoms with Crippen LogP contribution in [0.25, 0.3) is 11.3 Å². The first-order valence-electron chi connectivity index (χ1n) is 7.36. The third kappa shape index (κ3) is 4.66. The van der Waals surface area contributed by atoms with Crippen molar-refractivity contribution in [2.24, 2.45) is 0 Å². The Bertz CT molecular complexity index is 713. The van der Waals surface area contributed by atoms with Crippen molar-refractivity contribution in [2.45, 2.75) is 18.9 Å². The maximum absolute atomic E-state index is 13.7. The van der Waals surface area contributed by atoms with Crippen molar-refractivity contribution in [1.29, 1.82) is 0 Å². The second-order valence-corrected chi connectivity index (χ2v) is 5.16. The number of ether oxygens (including phenoxy) is 1. The highest BCUT2D eigenvalue weighted by atomic mass is 19.1. The molecule has 0 saturated heterocycles. The van der Waals surface area contributed by atoms with Crippen molar-refractivity contribution < 1.29 is 28.2 Å². The van der Waals surface area contributed by atoms with Crippen LogP contribution < -0.4 is 5.32 Å². The zero-order valence-electron chi connectivity index (χ0n) is 13.1. The van der Waals surface area contributed by atoms with Gasteiger partial charge in [0.05, 0.1) is 12.2 Å². The van der Waals surface area contributed by atoms with Gasteiger partial charge < -0.3 is 19.6 Å². The maximum Gasteiger partial charge on any atom is 0.328 e. The maximum atomic E-state index is 13.7. The van der Waals surface area contributed by atoms with E-state index in [0.29, 0.717) is 17.1 Å². The minimum Gasteiger partial charge on any atom is -0.480 e. The number of rotatable bonds is 8. The topological polar surface area (TPSA) is 88.8 Å². The quantitative estimate of drug-likeness (QED) is 0.772. The summed E-state index contributed by atoms with van der Waals surface area (Å²) in [4.78, 5) is 22.7. The summed E-state index contributed by atoms with van der Waals surface area (Å²) in [5.41, 5.74) is 0.347. The number of aryl methyl sites for hydroxylation is 1.